The number of amides is 1. The van der Waals surface area contributed by atoms with Crippen molar-refractivity contribution in [1.29, 1.82) is 0 Å². The first-order valence-corrected chi connectivity index (χ1v) is 17.0. The number of benzene rings is 2. The van der Waals surface area contributed by atoms with Gasteiger partial charge in [-0.2, -0.15) is 26.0 Å². The summed E-state index contributed by atoms with van der Waals surface area (Å²) in [5.41, 5.74) is -6.49. The molecule has 17 heteroatoms. The fourth-order valence-electron chi connectivity index (χ4n) is 5.29. The lowest BCUT2D eigenvalue weighted by molar-refractivity contribution is -0.0429. The summed E-state index contributed by atoms with van der Waals surface area (Å²) in [6.07, 6.45) is 3.59. The van der Waals surface area contributed by atoms with E-state index < -0.39 is 38.2 Å². The van der Waals surface area contributed by atoms with Crippen LogP contribution in [0.3, 0.4) is 0 Å². The molecule has 0 unspecified atom stereocenters. The fourth-order valence-corrected chi connectivity index (χ4v) is 5.84. The highest BCUT2D eigenvalue weighted by atomic mass is 32.2. The van der Waals surface area contributed by atoms with Crippen LogP contribution in [0.5, 0.6) is 17.2 Å². The van der Waals surface area contributed by atoms with Crippen molar-refractivity contribution in [2.75, 3.05) is 31.0 Å². The highest BCUT2D eigenvalue weighted by Gasteiger charge is 2.46. The minimum atomic E-state index is -5.77. The van der Waals surface area contributed by atoms with Gasteiger partial charge in [-0.3, -0.25) is 9.52 Å². The Morgan fingerprint density at radius 3 is 2.38 bits per heavy atom. The summed E-state index contributed by atoms with van der Waals surface area (Å²) in [5, 5.41) is 0.363. The molecule has 3 heterocycles. The second-order valence-corrected chi connectivity index (χ2v) is 14.2. The zero-order valence-corrected chi connectivity index (χ0v) is 28.4. The van der Waals surface area contributed by atoms with Crippen LogP contribution >= 0.6 is 0 Å². The maximum atomic E-state index is 15.7. The Hall–Kier alpha value is -4.77. The highest BCUT2D eigenvalue weighted by Crippen LogP contribution is 2.40. The summed E-state index contributed by atoms with van der Waals surface area (Å²) in [5.74, 6) is -1.38. The number of nitrogens with one attached hydrogen (secondary N) is 2. The molecule has 4 aromatic rings. The second-order valence-electron chi connectivity index (χ2n) is 12.5. The molecule has 0 spiro atoms. The minimum Gasteiger partial charge on any atom is -0.488 e. The van der Waals surface area contributed by atoms with Crippen molar-refractivity contribution < 1.29 is 49.7 Å². The van der Waals surface area contributed by atoms with Crippen LogP contribution in [0, 0.1) is 5.82 Å². The highest BCUT2D eigenvalue weighted by molar-refractivity contribution is 7.93. The lowest BCUT2D eigenvalue weighted by Gasteiger charge is -2.33. The third kappa shape index (κ3) is 8.33. The maximum Gasteiger partial charge on any atom is 0.516 e. The van der Waals surface area contributed by atoms with E-state index in [0.717, 1.165) is 12.1 Å². The number of aryl methyl sites for hydroxylation is 1. The smallest absolute Gasteiger partial charge is 0.488 e. The van der Waals surface area contributed by atoms with E-state index in [0.29, 0.717) is 31.3 Å². The summed E-state index contributed by atoms with van der Waals surface area (Å²) in [6, 6.07) is 9.04. The zero-order chi connectivity index (χ0) is 36.4. The largest absolute Gasteiger partial charge is 0.516 e. The van der Waals surface area contributed by atoms with Gasteiger partial charge in [0.2, 0.25) is 5.82 Å². The number of aromatic amines is 1. The van der Waals surface area contributed by atoms with Crippen molar-refractivity contribution in [2.24, 2.45) is 7.05 Å². The average Bonchev–Trinajstić information content (AvgIpc) is 3.53. The van der Waals surface area contributed by atoms with Crippen LogP contribution in [-0.4, -0.2) is 72.5 Å². The second kappa shape index (κ2) is 14.2. The van der Waals surface area contributed by atoms with E-state index in [9.17, 15) is 31.2 Å². The number of alkyl halides is 3. The van der Waals surface area contributed by atoms with Gasteiger partial charge in [-0.25, -0.2) is 4.79 Å². The molecular formula is C33H36F4N4O8S. The first-order valence-electron chi connectivity index (χ1n) is 15.5. The molecule has 1 saturated heterocycles. The topological polar surface area (TPSA) is 141 Å². The summed E-state index contributed by atoms with van der Waals surface area (Å²) in [4.78, 5) is 29.4. The van der Waals surface area contributed by atoms with Gasteiger partial charge in [0.25, 0.3) is 5.56 Å². The standard InChI is InChI=1S/C33H36F4N4O8S/c1-32(2,3)49-31(43)41-14-11-21(12-15-41)46-16-17-47-26-6-5-7-27(28(26)34)48-25-9-8-20(39-50(44,45)33(35,36)37)18-23(25)24-19-40(4)30(42)29-22(24)10-13-38-29/h5-10,13,18-19,21,38-39H,11-12,14-17H2,1-4H3. The van der Waals surface area contributed by atoms with Crippen LogP contribution in [0.4, 0.5) is 28.0 Å². The third-order valence-corrected chi connectivity index (χ3v) is 8.77. The van der Waals surface area contributed by atoms with Gasteiger partial charge < -0.3 is 33.4 Å². The summed E-state index contributed by atoms with van der Waals surface area (Å²) in [7, 11) is -4.31. The third-order valence-electron chi connectivity index (χ3n) is 7.66. The molecule has 1 amide bonds. The Balaban J connectivity index is 1.31. The number of likely N-dealkylation sites (tertiary alicyclic amines) is 1. The first-order chi connectivity index (χ1) is 23.4. The van der Waals surface area contributed by atoms with Gasteiger partial charge in [0.1, 0.15) is 23.5 Å². The molecule has 2 aromatic heterocycles. The number of ether oxygens (including phenoxy) is 4. The van der Waals surface area contributed by atoms with Crippen molar-refractivity contribution in [3.8, 4) is 28.4 Å². The quantitative estimate of drug-likeness (QED) is 0.139. The average molecular weight is 725 g/mol. The fraction of sp³-hybridized carbons (Fsp3) is 0.394. The van der Waals surface area contributed by atoms with Gasteiger partial charge in [-0.05, 0) is 70.0 Å². The van der Waals surface area contributed by atoms with Gasteiger partial charge in [0.05, 0.1) is 12.7 Å². The van der Waals surface area contributed by atoms with Gasteiger partial charge in [0.15, 0.2) is 11.5 Å². The summed E-state index contributed by atoms with van der Waals surface area (Å²) < 4.78 is 104. The van der Waals surface area contributed by atoms with Gasteiger partial charge in [-0.1, -0.05) is 6.07 Å². The lowest BCUT2D eigenvalue weighted by atomic mass is 10.0. The molecule has 270 valence electrons. The Morgan fingerprint density at radius 2 is 1.70 bits per heavy atom. The van der Waals surface area contributed by atoms with Gasteiger partial charge >= 0.3 is 21.6 Å². The number of carbonyl (C=O) groups is 1. The number of piperidine rings is 1. The number of halogens is 4. The first kappa shape index (κ1) is 36.5. The number of fused-ring (bicyclic) bond motifs is 1. The molecule has 12 nitrogen and oxygen atoms in total. The van der Waals surface area contributed by atoms with Crippen LogP contribution < -0.4 is 19.8 Å². The molecule has 50 heavy (non-hydrogen) atoms. The predicted molar refractivity (Wildman–Crippen MR) is 176 cm³/mol. The van der Waals surface area contributed by atoms with Crippen molar-refractivity contribution in [3.05, 3.63) is 71.0 Å². The van der Waals surface area contributed by atoms with Crippen molar-refractivity contribution in [2.45, 2.75) is 50.8 Å². The molecule has 0 aliphatic carbocycles. The zero-order valence-electron chi connectivity index (χ0n) is 27.6. The summed E-state index contributed by atoms with van der Waals surface area (Å²) >= 11 is 0. The number of carbonyl (C=O) groups excluding carboxylic acids is 1. The number of rotatable bonds is 10. The number of aromatic nitrogens is 2. The Morgan fingerprint density at radius 1 is 1.00 bits per heavy atom. The Kier molecular flexibility index (Phi) is 10.4. The number of nitrogens with zero attached hydrogens (tertiary/aromatic N) is 2. The van der Waals surface area contributed by atoms with E-state index in [1.807, 2.05) is 0 Å². The number of hydrogen-bond donors (Lipinski definition) is 2. The molecule has 0 bridgehead atoms. The van der Waals surface area contributed by atoms with E-state index in [2.05, 4.69) is 4.98 Å². The lowest BCUT2D eigenvalue weighted by Crippen LogP contribution is -2.43. The van der Waals surface area contributed by atoms with Crippen LogP contribution in [-0.2, 0) is 26.5 Å². The summed E-state index contributed by atoms with van der Waals surface area (Å²) in [6.45, 7) is 6.48. The Labute approximate surface area is 284 Å². The number of pyridine rings is 1. The van der Waals surface area contributed by atoms with Crippen molar-refractivity contribution in [3.63, 3.8) is 0 Å². The SMILES string of the molecule is Cn1cc(-c2cc(NS(=O)(=O)C(F)(F)F)ccc2Oc2cccc(OCCOC3CCN(C(=O)OC(C)(C)C)CC3)c2F)c2cc[nH]c2c1=O. The Bertz CT molecular complexity index is 2030. The molecule has 2 aromatic carbocycles. The monoisotopic (exact) mass is 724 g/mol. The van der Waals surface area contributed by atoms with Crippen LogP contribution in [0.1, 0.15) is 33.6 Å². The minimum absolute atomic E-state index is 0.00450. The maximum absolute atomic E-state index is 15.7. The molecule has 0 saturated carbocycles. The molecule has 2 N–H and O–H groups in total. The number of hydrogen-bond acceptors (Lipinski definition) is 8. The predicted octanol–water partition coefficient (Wildman–Crippen LogP) is 6.52. The van der Waals surface area contributed by atoms with Crippen LogP contribution in [0.15, 0.2) is 59.7 Å². The number of anilines is 1. The van der Waals surface area contributed by atoms with E-state index in [-0.39, 0.29) is 59.3 Å². The van der Waals surface area contributed by atoms with E-state index in [1.54, 1.807) is 31.7 Å². The van der Waals surface area contributed by atoms with Crippen LogP contribution in [0.25, 0.3) is 22.0 Å². The molecular weight excluding hydrogens is 688 g/mol. The van der Waals surface area contributed by atoms with Crippen LogP contribution in [0.2, 0.25) is 0 Å². The van der Waals surface area contributed by atoms with Gasteiger partial charge in [0, 0.05) is 54.7 Å². The molecule has 0 atom stereocenters. The number of sulfonamides is 1. The molecule has 1 fully saturated rings. The number of H-pyrrole nitrogens is 1. The van der Waals surface area contributed by atoms with Crippen molar-refractivity contribution >= 4 is 32.7 Å². The normalized spacial score (nSPS) is 14.5. The molecule has 5 rings (SSSR count). The van der Waals surface area contributed by atoms with E-state index in [4.69, 9.17) is 18.9 Å². The van der Waals surface area contributed by atoms with E-state index in [1.165, 1.54) is 53.0 Å². The van der Waals surface area contributed by atoms with Gasteiger partial charge in [-0.15, -0.1) is 0 Å². The van der Waals surface area contributed by atoms with E-state index >= 15 is 4.39 Å². The molecule has 1 aliphatic heterocycles. The van der Waals surface area contributed by atoms with Crippen molar-refractivity contribution in [1.82, 2.24) is 14.5 Å². The molecule has 1 aliphatic rings. The molecule has 0 radical (unpaired) electrons.